The van der Waals surface area contributed by atoms with Crippen LogP contribution < -0.4 is 10.1 Å². The van der Waals surface area contributed by atoms with Crippen molar-refractivity contribution in [3.05, 3.63) is 64.0 Å². The van der Waals surface area contributed by atoms with Gasteiger partial charge in [0.2, 0.25) is 0 Å². The van der Waals surface area contributed by atoms with Crippen LogP contribution in [0.3, 0.4) is 0 Å². The Bertz CT molecular complexity index is 1320. The first-order valence-corrected chi connectivity index (χ1v) is 13.3. The van der Waals surface area contributed by atoms with Crippen molar-refractivity contribution in [3.8, 4) is 16.3 Å². The number of thiophene rings is 1. The van der Waals surface area contributed by atoms with Crippen LogP contribution in [0.2, 0.25) is 5.02 Å². The highest BCUT2D eigenvalue weighted by molar-refractivity contribution is 7.22. The number of ether oxygens (including phenoxy) is 1. The standard InChI is InChI=1S/C26H26ClN3O2S2.ClH/c1-4-30-14-13-18-21(15-30)34-24(22(18)23-28-19-7-5-6-8-20(19)33-23)29-25(31)26(2,3)32-17-11-9-16(27)10-12-17;/h5-12H,4,13-15H2,1-3H3,(H,29,31);1H. The van der Waals surface area contributed by atoms with Gasteiger partial charge in [-0.15, -0.1) is 35.1 Å². The fourth-order valence-electron chi connectivity index (χ4n) is 4.12. The number of carbonyl (C=O) groups excluding carboxylic acids is 1. The Morgan fingerprint density at radius 1 is 1.17 bits per heavy atom. The molecular weight excluding hydrogens is 521 g/mol. The molecule has 4 aromatic rings. The van der Waals surface area contributed by atoms with Crippen molar-refractivity contribution < 1.29 is 9.53 Å². The van der Waals surface area contributed by atoms with E-state index in [1.54, 1.807) is 60.8 Å². The molecule has 0 saturated carbocycles. The molecule has 1 amide bonds. The number of halogens is 2. The maximum atomic E-state index is 13.4. The number of fused-ring (bicyclic) bond motifs is 2. The van der Waals surface area contributed by atoms with Gasteiger partial charge in [-0.25, -0.2) is 4.98 Å². The second kappa shape index (κ2) is 10.4. The summed E-state index contributed by atoms with van der Waals surface area (Å²) in [7, 11) is 0. The summed E-state index contributed by atoms with van der Waals surface area (Å²) in [5.74, 6) is 0.399. The largest absolute Gasteiger partial charge is 0.478 e. The molecule has 35 heavy (non-hydrogen) atoms. The van der Waals surface area contributed by atoms with E-state index in [2.05, 4.69) is 23.2 Å². The SMILES string of the molecule is CCN1CCc2c(sc(NC(=O)C(C)(C)Oc3ccc(Cl)cc3)c2-c2nc3ccccc3s2)C1.Cl. The van der Waals surface area contributed by atoms with Crippen LogP contribution in [0.4, 0.5) is 5.00 Å². The van der Waals surface area contributed by atoms with E-state index in [1.165, 1.54) is 10.4 Å². The molecule has 2 aromatic heterocycles. The third-order valence-electron chi connectivity index (χ3n) is 6.05. The first kappa shape index (κ1) is 25.9. The highest BCUT2D eigenvalue weighted by Gasteiger charge is 2.33. The minimum absolute atomic E-state index is 0. The summed E-state index contributed by atoms with van der Waals surface area (Å²) >= 11 is 9.32. The number of nitrogens with zero attached hydrogens (tertiary/aromatic N) is 2. The van der Waals surface area contributed by atoms with Gasteiger partial charge in [0.1, 0.15) is 15.8 Å². The molecule has 0 spiro atoms. The third kappa shape index (κ3) is 5.34. The number of carbonyl (C=O) groups is 1. The monoisotopic (exact) mass is 547 g/mol. The van der Waals surface area contributed by atoms with Gasteiger partial charge >= 0.3 is 0 Å². The lowest BCUT2D eigenvalue weighted by atomic mass is 10.0. The van der Waals surface area contributed by atoms with Gasteiger partial charge in [-0.3, -0.25) is 9.69 Å². The Morgan fingerprint density at radius 3 is 2.63 bits per heavy atom. The number of anilines is 1. The second-order valence-corrected chi connectivity index (χ2v) is 11.4. The first-order valence-electron chi connectivity index (χ1n) is 11.3. The lowest BCUT2D eigenvalue weighted by Crippen LogP contribution is -2.42. The Labute approximate surface area is 224 Å². The van der Waals surface area contributed by atoms with E-state index in [0.29, 0.717) is 10.8 Å². The summed E-state index contributed by atoms with van der Waals surface area (Å²) in [6.07, 6.45) is 0.950. The molecule has 5 nitrogen and oxygen atoms in total. The van der Waals surface area contributed by atoms with Gasteiger partial charge in [0.25, 0.3) is 5.91 Å². The summed E-state index contributed by atoms with van der Waals surface area (Å²) < 4.78 is 7.18. The Morgan fingerprint density at radius 2 is 1.91 bits per heavy atom. The Balaban J connectivity index is 0.00000289. The summed E-state index contributed by atoms with van der Waals surface area (Å²) in [4.78, 5) is 22.1. The van der Waals surface area contributed by atoms with Crippen molar-refractivity contribution in [2.24, 2.45) is 0 Å². The zero-order valence-electron chi connectivity index (χ0n) is 19.8. The molecule has 0 fully saturated rings. The number of hydrogen-bond acceptors (Lipinski definition) is 6. The number of para-hydroxylation sites is 1. The van der Waals surface area contributed by atoms with Crippen molar-refractivity contribution in [1.29, 1.82) is 0 Å². The lowest BCUT2D eigenvalue weighted by Gasteiger charge is -2.25. The molecule has 1 aliphatic heterocycles. The molecule has 0 atom stereocenters. The fraction of sp³-hybridized carbons (Fsp3) is 0.308. The Hall–Kier alpha value is -2.16. The van der Waals surface area contributed by atoms with E-state index in [9.17, 15) is 4.79 Å². The quantitative estimate of drug-likeness (QED) is 0.275. The minimum Gasteiger partial charge on any atom is -0.478 e. The van der Waals surface area contributed by atoms with Crippen LogP contribution in [0.25, 0.3) is 20.8 Å². The molecule has 0 unspecified atom stereocenters. The predicted molar refractivity (Wildman–Crippen MR) is 150 cm³/mol. The lowest BCUT2D eigenvalue weighted by molar-refractivity contribution is -0.128. The average molecular weight is 549 g/mol. The van der Waals surface area contributed by atoms with Gasteiger partial charge in [0.05, 0.1) is 10.2 Å². The van der Waals surface area contributed by atoms with E-state index in [-0.39, 0.29) is 18.3 Å². The van der Waals surface area contributed by atoms with Gasteiger partial charge in [-0.2, -0.15) is 0 Å². The van der Waals surface area contributed by atoms with Crippen LogP contribution in [0.1, 0.15) is 31.2 Å². The molecule has 2 aromatic carbocycles. The van der Waals surface area contributed by atoms with Crippen molar-refractivity contribution in [2.75, 3.05) is 18.4 Å². The maximum Gasteiger partial charge on any atom is 0.268 e. The number of amides is 1. The number of thiazole rings is 1. The van der Waals surface area contributed by atoms with Gasteiger partial charge in [0.15, 0.2) is 5.60 Å². The third-order valence-corrected chi connectivity index (χ3v) is 8.49. The van der Waals surface area contributed by atoms with E-state index in [1.807, 2.05) is 18.2 Å². The second-order valence-electron chi connectivity index (χ2n) is 8.83. The Kier molecular flexibility index (Phi) is 7.74. The zero-order chi connectivity index (χ0) is 23.9. The molecule has 0 aliphatic carbocycles. The van der Waals surface area contributed by atoms with E-state index in [0.717, 1.165) is 51.8 Å². The van der Waals surface area contributed by atoms with Crippen LogP contribution in [0.15, 0.2) is 48.5 Å². The molecule has 1 N–H and O–H groups in total. The van der Waals surface area contributed by atoms with E-state index >= 15 is 0 Å². The number of nitrogens with one attached hydrogen (secondary N) is 1. The van der Waals surface area contributed by atoms with Gasteiger partial charge < -0.3 is 10.1 Å². The predicted octanol–water partition coefficient (Wildman–Crippen LogP) is 7.27. The molecule has 0 saturated heterocycles. The van der Waals surface area contributed by atoms with Gasteiger partial charge in [0, 0.05) is 28.6 Å². The van der Waals surface area contributed by atoms with Crippen LogP contribution in [-0.2, 0) is 17.8 Å². The van der Waals surface area contributed by atoms with Crippen LogP contribution >= 0.6 is 46.7 Å². The minimum atomic E-state index is -1.07. The summed E-state index contributed by atoms with van der Waals surface area (Å²) in [6.45, 7) is 8.66. The molecule has 9 heteroatoms. The molecule has 184 valence electrons. The van der Waals surface area contributed by atoms with Crippen molar-refractivity contribution in [2.45, 2.75) is 39.3 Å². The molecule has 0 bridgehead atoms. The smallest absolute Gasteiger partial charge is 0.268 e. The number of benzene rings is 2. The molecule has 1 aliphatic rings. The van der Waals surface area contributed by atoms with Crippen molar-refractivity contribution in [1.82, 2.24) is 9.88 Å². The molecule has 3 heterocycles. The van der Waals surface area contributed by atoms with Crippen molar-refractivity contribution in [3.63, 3.8) is 0 Å². The first-order chi connectivity index (χ1) is 16.3. The summed E-state index contributed by atoms with van der Waals surface area (Å²) in [5.41, 5.74) is 2.28. The number of likely N-dealkylation sites (N-methyl/N-ethyl adjacent to an activating group) is 1. The van der Waals surface area contributed by atoms with Crippen LogP contribution in [-0.4, -0.2) is 34.5 Å². The fourth-order valence-corrected chi connectivity index (χ4v) is 6.64. The van der Waals surface area contributed by atoms with E-state index < -0.39 is 5.60 Å². The summed E-state index contributed by atoms with van der Waals surface area (Å²) in [6, 6.07) is 15.2. The normalized spacial score (nSPS) is 13.8. The zero-order valence-corrected chi connectivity index (χ0v) is 23.0. The average Bonchev–Trinajstić information content (AvgIpc) is 3.40. The topological polar surface area (TPSA) is 54.5 Å². The number of rotatable bonds is 6. The summed E-state index contributed by atoms with van der Waals surface area (Å²) in [5, 5.41) is 5.62. The van der Waals surface area contributed by atoms with Gasteiger partial charge in [-0.05, 0) is 68.8 Å². The maximum absolute atomic E-state index is 13.4. The number of hydrogen-bond donors (Lipinski definition) is 1. The van der Waals surface area contributed by atoms with Crippen LogP contribution in [0, 0.1) is 0 Å². The van der Waals surface area contributed by atoms with E-state index in [4.69, 9.17) is 21.3 Å². The highest BCUT2D eigenvalue weighted by Crippen LogP contribution is 2.46. The number of aromatic nitrogens is 1. The van der Waals surface area contributed by atoms with Gasteiger partial charge in [-0.1, -0.05) is 30.7 Å². The molecular formula is C26H27Cl2N3O2S2. The highest BCUT2D eigenvalue weighted by atomic mass is 35.5. The van der Waals surface area contributed by atoms with Crippen molar-refractivity contribution >= 4 is 67.8 Å². The molecule has 0 radical (unpaired) electrons. The van der Waals surface area contributed by atoms with Crippen LogP contribution in [0.5, 0.6) is 5.75 Å². The molecule has 5 rings (SSSR count).